The van der Waals surface area contributed by atoms with Crippen molar-refractivity contribution in [3.63, 3.8) is 0 Å². The second-order valence-electron chi connectivity index (χ2n) is 5.29. The lowest BCUT2D eigenvalue weighted by Crippen LogP contribution is -2.17. The standard InChI is InChI=1S/C9H15Br6O4P.C6H15O4P/c10-1-7(13)4-17-20(16,18-5-8(14)2-11)19-6-9(15)3-12;1-4-8-11(7,9-5-2)10-6-3/h7-9H,1-6H2;4-6H2,1-3H3. The van der Waals surface area contributed by atoms with Crippen LogP contribution < -0.4 is 0 Å². The lowest BCUT2D eigenvalue weighted by Gasteiger charge is -2.21. The summed E-state index contributed by atoms with van der Waals surface area (Å²) in [5.41, 5.74) is 0. The van der Waals surface area contributed by atoms with Crippen molar-refractivity contribution in [1.29, 1.82) is 0 Å². The Morgan fingerprint density at radius 2 is 0.774 bits per heavy atom. The fourth-order valence-corrected chi connectivity index (χ4v) is 5.40. The van der Waals surface area contributed by atoms with Gasteiger partial charge in [0.1, 0.15) is 0 Å². The first-order valence-corrected chi connectivity index (χ1v) is 18.3. The smallest absolute Gasteiger partial charge is 0.287 e. The molecule has 0 aliphatic carbocycles. The number of alkyl halides is 6. The van der Waals surface area contributed by atoms with Gasteiger partial charge in [0, 0.05) is 30.5 Å². The van der Waals surface area contributed by atoms with Crippen molar-refractivity contribution in [2.75, 3.05) is 55.6 Å². The van der Waals surface area contributed by atoms with Gasteiger partial charge in [-0.2, -0.15) is 0 Å². The van der Waals surface area contributed by atoms with Crippen molar-refractivity contribution in [2.45, 2.75) is 35.3 Å². The summed E-state index contributed by atoms with van der Waals surface area (Å²) in [7, 11) is -6.79. The summed E-state index contributed by atoms with van der Waals surface area (Å²) in [6.07, 6.45) is 0. The molecule has 8 nitrogen and oxygen atoms in total. The molecule has 3 unspecified atom stereocenters. The minimum Gasteiger partial charge on any atom is -0.287 e. The highest BCUT2D eigenvalue weighted by Gasteiger charge is 2.29. The molecule has 0 aromatic rings. The Labute approximate surface area is 236 Å². The number of rotatable bonds is 18. The van der Waals surface area contributed by atoms with E-state index < -0.39 is 15.6 Å². The molecule has 0 fully saturated rings. The molecule has 3 atom stereocenters. The van der Waals surface area contributed by atoms with E-state index in [4.69, 9.17) is 27.1 Å². The first-order chi connectivity index (χ1) is 14.5. The Morgan fingerprint density at radius 3 is 0.968 bits per heavy atom. The Morgan fingerprint density at radius 1 is 0.548 bits per heavy atom. The van der Waals surface area contributed by atoms with Crippen LogP contribution in [0.25, 0.3) is 0 Å². The molecule has 0 aromatic carbocycles. The van der Waals surface area contributed by atoms with Crippen molar-refractivity contribution in [1.82, 2.24) is 0 Å². The van der Waals surface area contributed by atoms with Crippen LogP contribution in [0.4, 0.5) is 0 Å². The maximum atomic E-state index is 12.5. The van der Waals surface area contributed by atoms with Crippen LogP contribution in [-0.2, 0) is 36.3 Å². The third-order valence-electron chi connectivity index (χ3n) is 2.60. The van der Waals surface area contributed by atoms with E-state index in [1.54, 1.807) is 20.8 Å². The van der Waals surface area contributed by atoms with Crippen LogP contribution in [0.5, 0.6) is 0 Å². The number of phosphoric acid groups is 2. The molecular formula is C15H30Br6O8P2. The SMILES string of the molecule is CCOP(=O)(OCC)OCC.O=P(OCC(Br)CBr)(OCC(Br)CBr)OCC(Br)CBr. The highest BCUT2D eigenvalue weighted by atomic mass is 79.9. The molecule has 16 heteroatoms. The number of phosphoric ester groups is 2. The molecule has 0 aliphatic rings. The molecule has 31 heavy (non-hydrogen) atoms. The third kappa shape index (κ3) is 20.9. The highest BCUT2D eigenvalue weighted by molar-refractivity contribution is 9.12. The van der Waals surface area contributed by atoms with E-state index in [-0.39, 0.29) is 34.3 Å². The summed E-state index contributed by atoms with van der Waals surface area (Å²) in [5, 5.41) is 2.04. The maximum Gasteiger partial charge on any atom is 0.474 e. The molecule has 0 spiro atoms. The molecule has 0 saturated heterocycles. The van der Waals surface area contributed by atoms with Gasteiger partial charge in [-0.15, -0.1) is 0 Å². The van der Waals surface area contributed by atoms with Gasteiger partial charge in [-0.3, -0.25) is 27.1 Å². The van der Waals surface area contributed by atoms with Crippen LogP contribution in [0.15, 0.2) is 0 Å². The largest absolute Gasteiger partial charge is 0.474 e. The molecule has 0 saturated carbocycles. The first kappa shape index (κ1) is 36.3. The molecule has 0 radical (unpaired) electrons. The Hall–Kier alpha value is 3.10. The van der Waals surface area contributed by atoms with E-state index in [2.05, 4.69) is 95.6 Å². The van der Waals surface area contributed by atoms with Crippen LogP contribution >= 0.6 is 111 Å². The average molecular weight is 880 g/mol. The van der Waals surface area contributed by atoms with E-state index in [0.717, 1.165) is 0 Å². The monoisotopic (exact) mass is 874 g/mol. The molecule has 0 bridgehead atoms. The molecule has 0 aromatic heterocycles. The lowest BCUT2D eigenvalue weighted by atomic mass is 10.5. The minimum absolute atomic E-state index is 0.0370. The minimum atomic E-state index is -3.57. The average Bonchev–Trinajstić information content (AvgIpc) is 2.75. The van der Waals surface area contributed by atoms with Gasteiger partial charge in [0.2, 0.25) is 0 Å². The molecular weight excluding hydrogens is 850 g/mol. The lowest BCUT2D eigenvalue weighted by molar-refractivity contribution is 0.118. The first-order valence-electron chi connectivity index (χ1n) is 9.22. The van der Waals surface area contributed by atoms with E-state index in [9.17, 15) is 9.13 Å². The van der Waals surface area contributed by atoms with Crippen molar-refractivity contribution in [3.05, 3.63) is 0 Å². The quantitative estimate of drug-likeness (QED) is 0.102. The van der Waals surface area contributed by atoms with Gasteiger partial charge in [0.05, 0.1) is 39.6 Å². The van der Waals surface area contributed by atoms with Gasteiger partial charge in [-0.05, 0) is 20.8 Å². The van der Waals surface area contributed by atoms with Crippen molar-refractivity contribution in [2.24, 2.45) is 0 Å². The Kier molecular flexibility index (Phi) is 26.1. The van der Waals surface area contributed by atoms with Gasteiger partial charge in [-0.25, -0.2) is 9.13 Å². The third-order valence-corrected chi connectivity index (χ3v) is 12.4. The summed E-state index contributed by atoms with van der Waals surface area (Å²) in [6, 6.07) is 0. The van der Waals surface area contributed by atoms with Gasteiger partial charge in [0.15, 0.2) is 0 Å². The van der Waals surface area contributed by atoms with Crippen molar-refractivity contribution < 1.29 is 36.3 Å². The van der Waals surface area contributed by atoms with E-state index >= 15 is 0 Å². The zero-order chi connectivity index (χ0) is 24.3. The zero-order valence-corrected chi connectivity index (χ0v) is 28.8. The summed E-state index contributed by atoms with van der Waals surface area (Å²) < 4.78 is 54.3. The van der Waals surface area contributed by atoms with Crippen LogP contribution in [-0.4, -0.2) is 70.1 Å². The highest BCUT2D eigenvalue weighted by Crippen LogP contribution is 2.50. The van der Waals surface area contributed by atoms with Crippen LogP contribution in [0.1, 0.15) is 20.8 Å². The summed E-state index contributed by atoms with van der Waals surface area (Å²) in [4.78, 5) is 0.111. The van der Waals surface area contributed by atoms with Gasteiger partial charge in [-0.1, -0.05) is 95.6 Å². The molecule has 0 rings (SSSR count). The van der Waals surface area contributed by atoms with Gasteiger partial charge < -0.3 is 0 Å². The van der Waals surface area contributed by atoms with Crippen molar-refractivity contribution in [3.8, 4) is 0 Å². The number of hydrogen-bond acceptors (Lipinski definition) is 8. The molecule has 0 amide bonds. The maximum absolute atomic E-state index is 12.5. The topological polar surface area (TPSA) is 89.5 Å². The molecule has 0 N–H and O–H groups in total. The molecule has 0 heterocycles. The fraction of sp³-hybridized carbons (Fsp3) is 1.00. The van der Waals surface area contributed by atoms with Crippen LogP contribution in [0.3, 0.4) is 0 Å². The van der Waals surface area contributed by atoms with Gasteiger partial charge in [0.25, 0.3) is 0 Å². The summed E-state index contributed by atoms with van der Waals surface area (Å²) in [6.45, 7) is 6.90. The molecule has 190 valence electrons. The van der Waals surface area contributed by atoms with Gasteiger partial charge >= 0.3 is 15.6 Å². The predicted molar refractivity (Wildman–Crippen MR) is 147 cm³/mol. The Bertz CT molecular complexity index is 455. The predicted octanol–water partition coefficient (Wildman–Crippen LogP) is 7.82. The Balaban J connectivity index is 0. The number of halogens is 6. The van der Waals surface area contributed by atoms with Crippen LogP contribution in [0, 0.1) is 0 Å². The normalized spacial score (nSPS) is 16.7. The second kappa shape index (κ2) is 22.3. The number of hydrogen-bond donors (Lipinski definition) is 0. The molecule has 0 aliphatic heterocycles. The van der Waals surface area contributed by atoms with E-state index in [0.29, 0.717) is 35.8 Å². The second-order valence-corrected chi connectivity index (χ2v) is 14.5. The van der Waals surface area contributed by atoms with E-state index in [1.807, 2.05) is 0 Å². The van der Waals surface area contributed by atoms with Crippen LogP contribution in [0.2, 0.25) is 0 Å². The fourth-order valence-electron chi connectivity index (χ4n) is 1.35. The zero-order valence-electron chi connectivity index (χ0n) is 17.5. The summed E-state index contributed by atoms with van der Waals surface area (Å²) >= 11 is 20.0. The van der Waals surface area contributed by atoms with Crippen molar-refractivity contribution >= 4 is 111 Å². The van der Waals surface area contributed by atoms with E-state index in [1.165, 1.54) is 0 Å². The summed E-state index contributed by atoms with van der Waals surface area (Å²) in [5.74, 6) is 0.